The Morgan fingerprint density at radius 3 is 3.06 bits per heavy atom. The first kappa shape index (κ1) is 11.3. The highest BCUT2D eigenvalue weighted by molar-refractivity contribution is 9.09. The van der Waals surface area contributed by atoms with Crippen molar-refractivity contribution < 1.29 is 5.11 Å². The average molecular weight is 297 g/mol. The molecule has 80 valence electrons. The van der Waals surface area contributed by atoms with E-state index in [4.69, 9.17) is 11.6 Å². The third-order valence-corrected chi connectivity index (χ3v) is 2.70. The molecule has 0 radical (unpaired) electrons. The molecule has 1 N–H and O–H groups in total. The van der Waals surface area contributed by atoms with Gasteiger partial charge in [-0.2, -0.15) is 0 Å². The number of aromatic hydroxyl groups is 1. The van der Waals surface area contributed by atoms with Crippen LogP contribution in [0.1, 0.15) is 5.56 Å². The van der Waals surface area contributed by atoms with Crippen molar-refractivity contribution in [2.75, 3.05) is 5.33 Å². The zero-order valence-electron chi connectivity index (χ0n) is 8.17. The van der Waals surface area contributed by atoms with E-state index in [9.17, 15) is 5.11 Å². The molecule has 1 aromatic carbocycles. The fraction of sp³-hybridized carbons (Fsp3) is 0.0833. The first-order valence-corrected chi connectivity index (χ1v) is 6.05. The van der Waals surface area contributed by atoms with Gasteiger partial charge in [0, 0.05) is 11.6 Å². The van der Waals surface area contributed by atoms with Crippen molar-refractivity contribution in [1.29, 1.82) is 0 Å². The van der Waals surface area contributed by atoms with Crippen LogP contribution in [0.25, 0.3) is 10.9 Å². The van der Waals surface area contributed by atoms with E-state index in [0.29, 0.717) is 21.4 Å². The molecule has 0 unspecified atom stereocenters. The van der Waals surface area contributed by atoms with E-state index in [0.717, 1.165) is 5.39 Å². The second-order valence-corrected chi connectivity index (χ2v) is 4.06. The van der Waals surface area contributed by atoms with E-state index >= 15 is 0 Å². The van der Waals surface area contributed by atoms with Crippen LogP contribution in [0.2, 0.25) is 5.02 Å². The van der Waals surface area contributed by atoms with Gasteiger partial charge in [0.15, 0.2) is 5.75 Å². The van der Waals surface area contributed by atoms with E-state index < -0.39 is 0 Å². The molecule has 4 heteroatoms. The van der Waals surface area contributed by atoms with Crippen molar-refractivity contribution in [3.05, 3.63) is 35.0 Å². The molecule has 2 rings (SSSR count). The van der Waals surface area contributed by atoms with E-state index in [1.165, 1.54) is 0 Å². The molecule has 0 aliphatic heterocycles. The summed E-state index contributed by atoms with van der Waals surface area (Å²) < 4.78 is 0. The maximum absolute atomic E-state index is 9.96. The SMILES string of the molecule is Oc1c(C#CCBr)cc(Cl)c2cccnc12. The van der Waals surface area contributed by atoms with Gasteiger partial charge < -0.3 is 5.11 Å². The molecule has 0 spiro atoms. The first-order chi connectivity index (χ1) is 7.74. The molecule has 0 aliphatic rings. The molecule has 2 nitrogen and oxygen atoms in total. The van der Waals surface area contributed by atoms with E-state index in [-0.39, 0.29) is 5.75 Å². The van der Waals surface area contributed by atoms with Crippen LogP contribution < -0.4 is 0 Å². The number of nitrogens with zero attached hydrogens (tertiary/aromatic N) is 1. The average Bonchev–Trinajstić information content (AvgIpc) is 2.32. The van der Waals surface area contributed by atoms with Crippen molar-refractivity contribution in [3.8, 4) is 17.6 Å². The van der Waals surface area contributed by atoms with Crippen LogP contribution in [-0.4, -0.2) is 15.4 Å². The smallest absolute Gasteiger partial charge is 0.157 e. The largest absolute Gasteiger partial charge is 0.504 e. The summed E-state index contributed by atoms with van der Waals surface area (Å²) in [7, 11) is 0. The Labute approximate surface area is 106 Å². The summed E-state index contributed by atoms with van der Waals surface area (Å²) in [5, 5.41) is 11.8. The van der Waals surface area contributed by atoms with Gasteiger partial charge in [-0.1, -0.05) is 39.4 Å². The third-order valence-electron chi connectivity index (χ3n) is 2.11. The summed E-state index contributed by atoms with van der Waals surface area (Å²) in [4.78, 5) is 4.10. The molecule has 0 aliphatic carbocycles. The second kappa shape index (κ2) is 4.73. The number of aromatic nitrogens is 1. The van der Waals surface area contributed by atoms with Crippen LogP contribution in [0, 0.1) is 11.8 Å². The summed E-state index contributed by atoms with van der Waals surface area (Å²) in [6.45, 7) is 0. The zero-order valence-corrected chi connectivity index (χ0v) is 10.5. The standard InChI is InChI=1S/C12H7BrClNO/c13-5-1-3-8-7-10(14)9-4-2-6-15-11(9)12(8)16/h2,4,6-7,16H,5H2. The van der Waals surface area contributed by atoms with Crippen LogP contribution >= 0.6 is 27.5 Å². The Bertz CT molecular complexity index is 601. The normalized spacial score (nSPS) is 9.88. The Balaban J connectivity index is 2.75. The maximum atomic E-state index is 9.96. The molecular weight excluding hydrogens is 289 g/mol. The van der Waals surface area contributed by atoms with Crippen LogP contribution in [0.5, 0.6) is 5.75 Å². The number of phenolic OH excluding ortho intramolecular Hbond substituents is 1. The molecule has 0 saturated heterocycles. The minimum atomic E-state index is 0.0773. The molecule has 0 fully saturated rings. The van der Waals surface area contributed by atoms with E-state index in [1.54, 1.807) is 18.3 Å². The van der Waals surface area contributed by atoms with Gasteiger partial charge >= 0.3 is 0 Å². The van der Waals surface area contributed by atoms with Gasteiger partial charge in [0.25, 0.3) is 0 Å². The lowest BCUT2D eigenvalue weighted by molar-refractivity contribution is 0.479. The minimum absolute atomic E-state index is 0.0773. The van der Waals surface area contributed by atoms with Gasteiger partial charge in [-0.3, -0.25) is 4.98 Å². The van der Waals surface area contributed by atoms with Gasteiger partial charge in [0.05, 0.1) is 15.9 Å². The fourth-order valence-corrected chi connectivity index (χ4v) is 1.81. The van der Waals surface area contributed by atoms with Gasteiger partial charge in [-0.05, 0) is 18.2 Å². The summed E-state index contributed by atoms with van der Waals surface area (Å²) >= 11 is 9.28. The van der Waals surface area contributed by atoms with E-state index in [1.807, 2.05) is 6.07 Å². The molecular formula is C12H7BrClNO. The lowest BCUT2D eigenvalue weighted by Gasteiger charge is -2.04. The van der Waals surface area contributed by atoms with Crippen LogP contribution in [0.3, 0.4) is 0 Å². The molecule has 1 heterocycles. The second-order valence-electron chi connectivity index (χ2n) is 3.09. The lowest BCUT2D eigenvalue weighted by Crippen LogP contribution is -1.85. The predicted molar refractivity (Wildman–Crippen MR) is 69.1 cm³/mol. The molecule has 0 atom stereocenters. The Morgan fingerprint density at radius 1 is 1.50 bits per heavy atom. The number of hydrogen-bond donors (Lipinski definition) is 1. The quantitative estimate of drug-likeness (QED) is 0.597. The van der Waals surface area contributed by atoms with Gasteiger partial charge in [0.1, 0.15) is 5.52 Å². The van der Waals surface area contributed by atoms with Crippen molar-refractivity contribution >= 4 is 38.4 Å². The number of benzene rings is 1. The highest BCUT2D eigenvalue weighted by Gasteiger charge is 2.09. The van der Waals surface area contributed by atoms with Gasteiger partial charge in [-0.15, -0.1) is 0 Å². The minimum Gasteiger partial charge on any atom is -0.504 e. The first-order valence-electron chi connectivity index (χ1n) is 4.55. The molecule has 0 saturated carbocycles. The third kappa shape index (κ3) is 1.99. The number of hydrogen-bond acceptors (Lipinski definition) is 2. The summed E-state index contributed by atoms with van der Waals surface area (Å²) in [5.74, 6) is 5.72. The highest BCUT2D eigenvalue weighted by atomic mass is 79.9. The van der Waals surface area contributed by atoms with Crippen LogP contribution in [0.4, 0.5) is 0 Å². The Kier molecular flexibility index (Phi) is 3.33. The van der Waals surface area contributed by atoms with Crippen LogP contribution in [0.15, 0.2) is 24.4 Å². The number of alkyl halides is 1. The monoisotopic (exact) mass is 295 g/mol. The maximum Gasteiger partial charge on any atom is 0.157 e. The molecule has 2 aromatic rings. The number of pyridine rings is 1. The van der Waals surface area contributed by atoms with Crippen molar-refractivity contribution in [3.63, 3.8) is 0 Å². The summed E-state index contributed by atoms with van der Waals surface area (Å²) in [6, 6.07) is 5.24. The molecule has 1 aromatic heterocycles. The van der Waals surface area contributed by atoms with Gasteiger partial charge in [-0.25, -0.2) is 0 Å². The lowest BCUT2D eigenvalue weighted by atomic mass is 10.1. The predicted octanol–water partition coefficient (Wildman–Crippen LogP) is 3.34. The molecule has 0 amide bonds. The summed E-state index contributed by atoms with van der Waals surface area (Å²) in [6.07, 6.45) is 1.61. The van der Waals surface area contributed by atoms with Crippen LogP contribution in [-0.2, 0) is 0 Å². The topological polar surface area (TPSA) is 33.1 Å². The molecule has 0 bridgehead atoms. The van der Waals surface area contributed by atoms with Crippen molar-refractivity contribution in [2.45, 2.75) is 0 Å². The fourth-order valence-electron chi connectivity index (χ4n) is 1.41. The number of halogens is 2. The Morgan fingerprint density at radius 2 is 2.31 bits per heavy atom. The van der Waals surface area contributed by atoms with E-state index in [2.05, 4.69) is 32.8 Å². The van der Waals surface area contributed by atoms with Crippen molar-refractivity contribution in [2.24, 2.45) is 0 Å². The zero-order chi connectivity index (χ0) is 11.5. The number of fused-ring (bicyclic) bond motifs is 1. The number of rotatable bonds is 0. The summed E-state index contributed by atoms with van der Waals surface area (Å²) in [5.41, 5.74) is 0.976. The molecule has 16 heavy (non-hydrogen) atoms. The highest BCUT2D eigenvalue weighted by Crippen LogP contribution is 2.32. The Hall–Kier alpha value is -1.24. The van der Waals surface area contributed by atoms with Crippen molar-refractivity contribution in [1.82, 2.24) is 4.98 Å². The number of phenols is 1. The van der Waals surface area contributed by atoms with Gasteiger partial charge in [0.2, 0.25) is 0 Å².